The number of methoxy groups -OCH3 is 1. The number of benzene rings is 1. The van der Waals surface area contributed by atoms with Gasteiger partial charge in [-0.1, -0.05) is 30.3 Å². The third kappa shape index (κ3) is 10.1. The Labute approximate surface area is 198 Å². The van der Waals surface area contributed by atoms with Crippen LogP contribution in [0.5, 0.6) is 0 Å². The average Bonchev–Trinajstić information content (AvgIpc) is 3.09. The lowest BCUT2D eigenvalue weighted by Gasteiger charge is -2.18. The zero-order valence-electron chi connectivity index (χ0n) is 18.6. The molecule has 1 aromatic rings. The van der Waals surface area contributed by atoms with Gasteiger partial charge in [-0.3, -0.25) is 9.79 Å². The molecule has 8 heteroatoms. The summed E-state index contributed by atoms with van der Waals surface area (Å²) in [4.78, 5) is 21.3. The number of amides is 1. The highest BCUT2D eigenvalue weighted by Gasteiger charge is 2.28. The van der Waals surface area contributed by atoms with Crippen LogP contribution in [-0.2, 0) is 16.0 Å². The fraction of sp³-hybridized carbons (Fsp3) is 0.636. The Morgan fingerprint density at radius 3 is 2.73 bits per heavy atom. The van der Waals surface area contributed by atoms with Gasteiger partial charge in [0.2, 0.25) is 5.91 Å². The zero-order chi connectivity index (χ0) is 20.9. The molecular weight excluding hydrogens is 493 g/mol. The zero-order valence-corrected chi connectivity index (χ0v) is 20.9. The van der Waals surface area contributed by atoms with Gasteiger partial charge in [0.25, 0.3) is 0 Å². The number of rotatable bonds is 12. The van der Waals surface area contributed by atoms with Crippen molar-refractivity contribution in [3.05, 3.63) is 35.9 Å². The molecule has 1 aliphatic heterocycles. The summed E-state index contributed by atoms with van der Waals surface area (Å²) in [6.07, 6.45) is 1.50. The Hall–Kier alpha value is -1.39. The van der Waals surface area contributed by atoms with E-state index in [1.165, 1.54) is 5.56 Å². The van der Waals surface area contributed by atoms with Gasteiger partial charge in [-0.25, -0.2) is 0 Å². The highest BCUT2D eigenvalue weighted by Crippen LogP contribution is 2.18. The van der Waals surface area contributed by atoms with Gasteiger partial charge in [-0.05, 0) is 26.0 Å². The normalized spacial score (nSPS) is 16.7. The second-order valence-electron chi connectivity index (χ2n) is 7.59. The third-order valence-electron chi connectivity index (χ3n) is 5.12. The van der Waals surface area contributed by atoms with Gasteiger partial charge >= 0.3 is 0 Å². The van der Waals surface area contributed by atoms with E-state index in [4.69, 9.17) is 9.73 Å². The van der Waals surface area contributed by atoms with Crippen molar-refractivity contribution in [1.29, 1.82) is 0 Å². The average molecular weight is 531 g/mol. The number of halogens is 1. The summed E-state index contributed by atoms with van der Waals surface area (Å²) < 4.78 is 5.10. The summed E-state index contributed by atoms with van der Waals surface area (Å²) in [6.45, 7) is 8.52. The summed E-state index contributed by atoms with van der Waals surface area (Å²) in [5.41, 5.74) is 1.27. The fourth-order valence-electron chi connectivity index (χ4n) is 3.39. The summed E-state index contributed by atoms with van der Waals surface area (Å²) in [7, 11) is 3.80. The topological polar surface area (TPSA) is 69.2 Å². The maximum atomic E-state index is 12.3. The van der Waals surface area contributed by atoms with E-state index in [1.54, 1.807) is 7.11 Å². The van der Waals surface area contributed by atoms with E-state index in [0.717, 1.165) is 58.3 Å². The number of likely N-dealkylation sites (N-methyl/N-ethyl adjacent to an activating group) is 1. The Morgan fingerprint density at radius 1 is 1.27 bits per heavy atom. The van der Waals surface area contributed by atoms with E-state index >= 15 is 0 Å². The molecule has 1 fully saturated rings. The molecule has 2 N–H and O–H groups in total. The number of carbonyl (C=O) groups is 1. The molecule has 7 nitrogen and oxygen atoms in total. The first-order valence-corrected chi connectivity index (χ1v) is 10.6. The summed E-state index contributed by atoms with van der Waals surface area (Å²) >= 11 is 0. The predicted molar refractivity (Wildman–Crippen MR) is 134 cm³/mol. The van der Waals surface area contributed by atoms with Crippen molar-refractivity contribution in [2.24, 2.45) is 10.9 Å². The molecule has 1 unspecified atom stereocenters. The molecule has 0 radical (unpaired) electrons. The summed E-state index contributed by atoms with van der Waals surface area (Å²) in [5.74, 6) is 1.36. The van der Waals surface area contributed by atoms with Gasteiger partial charge in [0, 0.05) is 65.3 Å². The second kappa shape index (κ2) is 15.4. The molecule has 2 rings (SSSR count). The van der Waals surface area contributed by atoms with Crippen molar-refractivity contribution in [3.63, 3.8) is 0 Å². The molecule has 0 aliphatic carbocycles. The number of aliphatic imine (C=N–C) groups is 1. The minimum Gasteiger partial charge on any atom is -0.383 e. The van der Waals surface area contributed by atoms with Gasteiger partial charge in [-0.2, -0.15) is 0 Å². The van der Waals surface area contributed by atoms with Crippen LogP contribution in [0, 0.1) is 5.92 Å². The van der Waals surface area contributed by atoms with Crippen LogP contribution in [0.1, 0.15) is 18.9 Å². The lowest BCUT2D eigenvalue weighted by Crippen LogP contribution is -2.41. The highest BCUT2D eigenvalue weighted by molar-refractivity contribution is 14.0. The van der Waals surface area contributed by atoms with Crippen LogP contribution in [0.3, 0.4) is 0 Å². The predicted octanol–water partition coefficient (Wildman–Crippen LogP) is 1.83. The molecule has 1 aliphatic rings. The Kier molecular flexibility index (Phi) is 13.7. The number of hydrogen-bond acceptors (Lipinski definition) is 4. The molecular formula is C22H38IN5O2. The number of carbonyl (C=O) groups excluding carboxylic acids is 1. The van der Waals surface area contributed by atoms with Gasteiger partial charge in [0.05, 0.1) is 6.61 Å². The number of hydrogen-bond donors (Lipinski definition) is 2. The first-order chi connectivity index (χ1) is 14.1. The minimum absolute atomic E-state index is 0. The smallest absolute Gasteiger partial charge is 0.223 e. The Morgan fingerprint density at radius 2 is 2.03 bits per heavy atom. The monoisotopic (exact) mass is 531 g/mol. The molecule has 0 saturated carbocycles. The molecule has 1 amide bonds. The first-order valence-electron chi connectivity index (χ1n) is 10.6. The van der Waals surface area contributed by atoms with Crippen LogP contribution < -0.4 is 10.6 Å². The molecule has 30 heavy (non-hydrogen) atoms. The lowest BCUT2D eigenvalue weighted by molar-refractivity contribution is -0.127. The fourth-order valence-corrected chi connectivity index (χ4v) is 3.39. The first kappa shape index (κ1) is 26.6. The van der Waals surface area contributed by atoms with Crippen molar-refractivity contribution in [2.75, 3.05) is 66.6 Å². The van der Waals surface area contributed by atoms with E-state index in [2.05, 4.69) is 41.6 Å². The van der Waals surface area contributed by atoms with E-state index in [1.807, 2.05) is 23.1 Å². The van der Waals surface area contributed by atoms with Crippen LogP contribution >= 0.6 is 24.0 Å². The van der Waals surface area contributed by atoms with Gasteiger partial charge in [0.15, 0.2) is 5.96 Å². The Bertz CT molecular complexity index is 629. The number of nitrogens with zero attached hydrogens (tertiary/aromatic N) is 3. The third-order valence-corrected chi connectivity index (χ3v) is 5.12. The maximum absolute atomic E-state index is 12.3. The molecule has 1 heterocycles. The van der Waals surface area contributed by atoms with Crippen molar-refractivity contribution < 1.29 is 9.53 Å². The Balaban J connectivity index is 0.00000450. The van der Waals surface area contributed by atoms with Crippen molar-refractivity contribution >= 4 is 35.8 Å². The number of nitrogens with one attached hydrogen (secondary N) is 2. The van der Waals surface area contributed by atoms with E-state index in [-0.39, 0.29) is 35.8 Å². The van der Waals surface area contributed by atoms with E-state index in [9.17, 15) is 4.79 Å². The van der Waals surface area contributed by atoms with Crippen LogP contribution in [-0.4, -0.2) is 88.2 Å². The molecule has 170 valence electrons. The number of ether oxygens (including phenoxy) is 1. The molecule has 1 saturated heterocycles. The maximum Gasteiger partial charge on any atom is 0.223 e. The molecule has 0 bridgehead atoms. The van der Waals surface area contributed by atoms with Crippen LogP contribution in [0.25, 0.3) is 0 Å². The SMILES string of the molecule is CCNC(=NCC1CC(=O)N(CCc2ccccc2)C1)NCCN(C)CCOC.I. The summed E-state index contributed by atoms with van der Waals surface area (Å²) in [5, 5.41) is 6.67. The molecule has 1 aromatic carbocycles. The lowest BCUT2D eigenvalue weighted by atomic mass is 10.1. The second-order valence-corrected chi connectivity index (χ2v) is 7.59. The van der Waals surface area contributed by atoms with Crippen LogP contribution in [0.2, 0.25) is 0 Å². The molecule has 0 spiro atoms. The van der Waals surface area contributed by atoms with Crippen molar-refractivity contribution in [2.45, 2.75) is 19.8 Å². The standard InChI is InChI=1S/C22H37N5O2.HI/c1-4-23-22(24-11-13-26(2)14-15-29-3)25-17-20-16-21(28)27(18-20)12-10-19-8-6-5-7-9-19;/h5-9,20H,4,10-18H2,1-3H3,(H2,23,24,25);1H. The van der Waals surface area contributed by atoms with Gasteiger partial charge < -0.3 is 25.2 Å². The molecule has 1 atom stereocenters. The highest BCUT2D eigenvalue weighted by atomic mass is 127. The van der Waals surface area contributed by atoms with E-state index < -0.39 is 0 Å². The van der Waals surface area contributed by atoms with Crippen molar-refractivity contribution in [1.82, 2.24) is 20.4 Å². The number of likely N-dealkylation sites (tertiary alicyclic amines) is 1. The van der Waals surface area contributed by atoms with Crippen LogP contribution in [0.4, 0.5) is 0 Å². The van der Waals surface area contributed by atoms with E-state index in [0.29, 0.717) is 13.0 Å². The summed E-state index contributed by atoms with van der Waals surface area (Å²) in [6, 6.07) is 10.3. The van der Waals surface area contributed by atoms with Gasteiger partial charge in [0.1, 0.15) is 0 Å². The quantitative estimate of drug-likeness (QED) is 0.245. The number of guanidine groups is 1. The van der Waals surface area contributed by atoms with Crippen molar-refractivity contribution in [3.8, 4) is 0 Å². The minimum atomic E-state index is 0. The largest absolute Gasteiger partial charge is 0.383 e. The van der Waals surface area contributed by atoms with Crippen LogP contribution in [0.15, 0.2) is 35.3 Å². The molecule has 0 aromatic heterocycles. The van der Waals surface area contributed by atoms with Gasteiger partial charge in [-0.15, -0.1) is 24.0 Å².